The fraction of sp³-hybridized carbons (Fsp3) is 0.158. The van der Waals surface area contributed by atoms with Crippen LogP contribution in [0, 0.1) is 0 Å². The van der Waals surface area contributed by atoms with Gasteiger partial charge in [-0.1, -0.05) is 30.3 Å². The summed E-state index contributed by atoms with van der Waals surface area (Å²) in [6, 6.07) is 12.1. The first-order chi connectivity index (χ1) is 14.1. The molecule has 0 saturated carbocycles. The molecular weight excluding hydrogens is 429 g/mol. The number of ether oxygens (including phenoxy) is 1. The molecule has 0 fully saturated rings. The summed E-state index contributed by atoms with van der Waals surface area (Å²) in [4.78, 5) is 12.2. The zero-order chi connectivity index (χ0) is 21.9. The standard InChI is InChI=1S/C19H14F5N3O2S/c1-27-10-15(16(26-27)17(20)21)29-18(28)25-14-8-3-2-7-13(14)11-5-4-6-12(9-11)30-19(22,23)24/h2-10,17H,1H3,(H,25,28). The molecule has 1 heterocycles. The number of alkyl halides is 5. The molecule has 1 aromatic heterocycles. The van der Waals surface area contributed by atoms with E-state index < -0.39 is 29.5 Å². The van der Waals surface area contributed by atoms with E-state index in [9.17, 15) is 26.7 Å². The van der Waals surface area contributed by atoms with Crippen LogP contribution in [0.25, 0.3) is 11.1 Å². The molecule has 3 aromatic rings. The molecule has 0 spiro atoms. The van der Waals surface area contributed by atoms with E-state index in [2.05, 4.69) is 10.4 Å². The molecule has 0 bridgehead atoms. The average molecular weight is 443 g/mol. The van der Waals surface area contributed by atoms with Gasteiger partial charge in [0.2, 0.25) is 0 Å². The van der Waals surface area contributed by atoms with Gasteiger partial charge in [0.15, 0.2) is 11.4 Å². The number of halogens is 5. The van der Waals surface area contributed by atoms with Gasteiger partial charge in [-0.25, -0.2) is 13.6 Å². The smallest absolute Gasteiger partial charge is 0.406 e. The number of nitrogens with one attached hydrogen (secondary N) is 1. The van der Waals surface area contributed by atoms with Crippen molar-refractivity contribution in [2.45, 2.75) is 16.8 Å². The van der Waals surface area contributed by atoms with Crippen LogP contribution in [0.1, 0.15) is 12.1 Å². The second kappa shape index (κ2) is 8.74. The predicted molar refractivity (Wildman–Crippen MR) is 102 cm³/mol. The third-order valence-electron chi connectivity index (χ3n) is 3.77. The number of benzene rings is 2. The van der Waals surface area contributed by atoms with Crippen LogP contribution in [0.2, 0.25) is 0 Å². The minimum Gasteiger partial charge on any atom is -0.406 e. The number of aryl methyl sites for hydroxylation is 1. The topological polar surface area (TPSA) is 56.1 Å². The molecule has 1 amide bonds. The lowest BCUT2D eigenvalue weighted by Gasteiger charge is -2.13. The van der Waals surface area contributed by atoms with Crippen LogP contribution in [0.5, 0.6) is 5.75 Å². The van der Waals surface area contributed by atoms with E-state index >= 15 is 0 Å². The van der Waals surface area contributed by atoms with E-state index in [1.54, 1.807) is 24.3 Å². The Bertz CT molecular complexity index is 1050. The van der Waals surface area contributed by atoms with Gasteiger partial charge < -0.3 is 4.74 Å². The van der Waals surface area contributed by atoms with Crippen LogP contribution in [-0.4, -0.2) is 21.4 Å². The Labute approximate surface area is 171 Å². The van der Waals surface area contributed by atoms with Crippen LogP contribution < -0.4 is 10.1 Å². The summed E-state index contributed by atoms with van der Waals surface area (Å²) in [5.74, 6) is -0.397. The number of para-hydroxylation sites is 1. The lowest BCUT2D eigenvalue weighted by Crippen LogP contribution is -2.17. The van der Waals surface area contributed by atoms with Crippen LogP contribution in [0.3, 0.4) is 0 Å². The number of amides is 1. The fourth-order valence-electron chi connectivity index (χ4n) is 2.65. The van der Waals surface area contributed by atoms with Crippen LogP contribution in [-0.2, 0) is 7.05 Å². The summed E-state index contributed by atoms with van der Waals surface area (Å²) >= 11 is -0.255. The van der Waals surface area contributed by atoms with Gasteiger partial charge in [-0.3, -0.25) is 10.00 Å². The van der Waals surface area contributed by atoms with E-state index in [0.717, 1.165) is 10.9 Å². The third kappa shape index (κ3) is 5.50. The van der Waals surface area contributed by atoms with E-state index in [1.807, 2.05) is 0 Å². The quantitative estimate of drug-likeness (QED) is 0.374. The van der Waals surface area contributed by atoms with Gasteiger partial charge in [-0.05, 0) is 35.5 Å². The summed E-state index contributed by atoms with van der Waals surface area (Å²) in [6.45, 7) is 0. The van der Waals surface area contributed by atoms with Crippen molar-refractivity contribution in [3.63, 3.8) is 0 Å². The maximum absolute atomic E-state index is 13.0. The van der Waals surface area contributed by atoms with Crippen LogP contribution in [0.4, 0.5) is 32.4 Å². The molecule has 0 saturated heterocycles. The molecule has 158 valence electrons. The predicted octanol–water partition coefficient (Wildman–Crippen LogP) is 6.25. The monoisotopic (exact) mass is 443 g/mol. The number of aromatic nitrogens is 2. The van der Waals surface area contributed by atoms with Crippen molar-refractivity contribution >= 4 is 23.5 Å². The summed E-state index contributed by atoms with van der Waals surface area (Å²) in [6.07, 6.45) is -2.85. The second-order valence-corrected chi connectivity index (χ2v) is 7.13. The van der Waals surface area contributed by atoms with Gasteiger partial charge in [-0.2, -0.15) is 18.3 Å². The van der Waals surface area contributed by atoms with Crippen molar-refractivity contribution in [1.82, 2.24) is 9.78 Å². The number of carbonyl (C=O) groups is 1. The highest BCUT2D eigenvalue weighted by Crippen LogP contribution is 2.39. The molecule has 1 N–H and O–H groups in total. The first kappa shape index (κ1) is 21.6. The highest BCUT2D eigenvalue weighted by molar-refractivity contribution is 8.00. The first-order valence-corrected chi connectivity index (χ1v) is 9.20. The number of thioether (sulfide) groups is 1. The zero-order valence-electron chi connectivity index (χ0n) is 15.3. The number of rotatable bonds is 5. The summed E-state index contributed by atoms with van der Waals surface area (Å²) in [5, 5.41) is 5.97. The average Bonchev–Trinajstić information content (AvgIpc) is 3.01. The Morgan fingerprint density at radius 3 is 2.60 bits per heavy atom. The molecule has 0 aliphatic rings. The highest BCUT2D eigenvalue weighted by atomic mass is 32.2. The maximum atomic E-state index is 13.0. The van der Waals surface area contributed by atoms with Crippen LogP contribution >= 0.6 is 11.8 Å². The van der Waals surface area contributed by atoms with Crippen molar-refractivity contribution in [1.29, 1.82) is 0 Å². The Kier molecular flexibility index (Phi) is 6.30. The molecule has 0 aliphatic heterocycles. The lowest BCUT2D eigenvalue weighted by molar-refractivity contribution is -0.0328. The van der Waals surface area contributed by atoms with Crippen molar-refractivity contribution in [2.75, 3.05) is 5.32 Å². The SMILES string of the molecule is Cn1cc(OC(=O)Nc2ccccc2-c2cccc(SC(F)(F)F)c2)c(C(F)F)n1. The van der Waals surface area contributed by atoms with Gasteiger partial charge in [0, 0.05) is 17.5 Å². The molecule has 0 radical (unpaired) electrons. The second-order valence-electron chi connectivity index (χ2n) is 5.99. The molecule has 3 rings (SSSR count). The molecule has 11 heteroatoms. The van der Waals surface area contributed by atoms with Gasteiger partial charge >= 0.3 is 11.6 Å². The fourth-order valence-corrected chi connectivity index (χ4v) is 3.25. The lowest BCUT2D eigenvalue weighted by atomic mass is 10.0. The van der Waals surface area contributed by atoms with Crippen molar-refractivity contribution in [2.24, 2.45) is 7.05 Å². The first-order valence-electron chi connectivity index (χ1n) is 8.38. The Morgan fingerprint density at radius 2 is 1.90 bits per heavy atom. The summed E-state index contributed by atoms with van der Waals surface area (Å²) in [5.41, 5.74) is -4.03. The number of hydrogen-bond acceptors (Lipinski definition) is 4. The minimum atomic E-state index is -4.44. The van der Waals surface area contributed by atoms with Gasteiger partial charge in [-0.15, -0.1) is 0 Å². The van der Waals surface area contributed by atoms with Gasteiger partial charge in [0.1, 0.15) is 0 Å². The van der Waals surface area contributed by atoms with E-state index in [4.69, 9.17) is 4.74 Å². The minimum absolute atomic E-state index is 0.0192. The van der Waals surface area contributed by atoms with E-state index in [-0.39, 0.29) is 22.3 Å². The number of nitrogens with zero attached hydrogens (tertiary/aromatic N) is 2. The molecule has 30 heavy (non-hydrogen) atoms. The number of anilines is 1. The van der Waals surface area contributed by atoms with Crippen molar-refractivity contribution in [3.05, 3.63) is 60.4 Å². The maximum Gasteiger partial charge on any atom is 0.446 e. The molecule has 2 aromatic carbocycles. The zero-order valence-corrected chi connectivity index (χ0v) is 16.1. The molecular formula is C19H14F5N3O2S. The Morgan fingerprint density at radius 1 is 1.17 bits per heavy atom. The Balaban J connectivity index is 1.83. The third-order valence-corrected chi connectivity index (χ3v) is 4.49. The van der Waals surface area contributed by atoms with Crippen LogP contribution in [0.15, 0.2) is 59.6 Å². The van der Waals surface area contributed by atoms with E-state index in [0.29, 0.717) is 11.1 Å². The highest BCUT2D eigenvalue weighted by Gasteiger charge is 2.29. The largest absolute Gasteiger partial charge is 0.446 e. The normalized spacial score (nSPS) is 11.6. The van der Waals surface area contributed by atoms with Gasteiger partial charge in [0.25, 0.3) is 6.43 Å². The molecule has 5 nitrogen and oxygen atoms in total. The summed E-state index contributed by atoms with van der Waals surface area (Å²) in [7, 11) is 1.40. The van der Waals surface area contributed by atoms with Crippen molar-refractivity contribution in [3.8, 4) is 16.9 Å². The molecule has 0 unspecified atom stereocenters. The number of carbonyl (C=O) groups excluding carboxylic acids is 1. The van der Waals surface area contributed by atoms with E-state index in [1.165, 1.54) is 31.3 Å². The van der Waals surface area contributed by atoms with Gasteiger partial charge in [0.05, 0.1) is 11.9 Å². The Hall–Kier alpha value is -3.08. The summed E-state index contributed by atoms with van der Waals surface area (Å²) < 4.78 is 70.0. The van der Waals surface area contributed by atoms with Crippen molar-refractivity contribution < 1.29 is 31.5 Å². The number of hydrogen-bond donors (Lipinski definition) is 1. The molecule has 0 aliphatic carbocycles. The molecule has 0 atom stereocenters.